The molecule has 0 spiro atoms. The van der Waals surface area contributed by atoms with E-state index in [4.69, 9.17) is 5.73 Å². The first kappa shape index (κ1) is 9.93. The van der Waals surface area contributed by atoms with Gasteiger partial charge in [0.05, 0.1) is 5.69 Å². The van der Waals surface area contributed by atoms with Crippen LogP contribution in [0.4, 0.5) is 0 Å². The third kappa shape index (κ3) is 2.99. The Hall–Kier alpha value is -1.15. The molecule has 0 aliphatic rings. The number of rotatable bonds is 2. The van der Waals surface area contributed by atoms with Crippen LogP contribution in [0.1, 0.15) is 25.1 Å². The second-order valence-corrected chi connectivity index (χ2v) is 3.44. The summed E-state index contributed by atoms with van der Waals surface area (Å²) in [6, 6.07) is 4.15. The third-order valence-electron chi connectivity index (χ3n) is 2.03. The lowest BCUT2D eigenvalue weighted by Crippen LogP contribution is -2.15. The van der Waals surface area contributed by atoms with Gasteiger partial charge in [0.1, 0.15) is 0 Å². The second-order valence-electron chi connectivity index (χ2n) is 3.44. The molecule has 0 saturated heterocycles. The predicted octanol–water partition coefficient (Wildman–Crippen LogP) is 2.14. The lowest BCUT2D eigenvalue weighted by Gasteiger charge is -2.04. The fourth-order valence-corrected chi connectivity index (χ4v) is 0.929. The maximum Gasteiger partial charge on any atom is 0.0629 e. The Labute approximate surface area is 79.5 Å². The van der Waals surface area contributed by atoms with Gasteiger partial charge in [0, 0.05) is 12.2 Å². The maximum absolute atomic E-state index is 5.72. The highest BCUT2D eigenvalue weighted by Gasteiger charge is 1.96. The normalized spacial score (nSPS) is 14.3. The fraction of sp³-hybridized carbons (Fsp3) is 0.364. The van der Waals surface area contributed by atoms with Gasteiger partial charge in [-0.05, 0) is 38.5 Å². The third-order valence-corrected chi connectivity index (χ3v) is 2.03. The SMILES string of the molecule is C/C(=C\c1ccc(C)cn1)C(C)N. The zero-order valence-corrected chi connectivity index (χ0v) is 8.41. The minimum Gasteiger partial charge on any atom is -0.324 e. The molecule has 0 amide bonds. The molecule has 2 N–H and O–H groups in total. The molecule has 2 heteroatoms. The highest BCUT2D eigenvalue weighted by Crippen LogP contribution is 2.06. The molecule has 0 saturated carbocycles. The number of nitrogens with zero attached hydrogens (tertiary/aromatic N) is 1. The molecular weight excluding hydrogens is 160 g/mol. The minimum absolute atomic E-state index is 0.100. The van der Waals surface area contributed by atoms with Crippen molar-refractivity contribution < 1.29 is 0 Å². The van der Waals surface area contributed by atoms with Crippen LogP contribution in [0.2, 0.25) is 0 Å². The molecule has 1 atom stereocenters. The summed E-state index contributed by atoms with van der Waals surface area (Å²) < 4.78 is 0. The van der Waals surface area contributed by atoms with Crippen molar-refractivity contribution in [3.05, 3.63) is 35.2 Å². The summed E-state index contributed by atoms with van der Waals surface area (Å²) >= 11 is 0. The van der Waals surface area contributed by atoms with Crippen LogP contribution in [0.25, 0.3) is 6.08 Å². The average molecular weight is 176 g/mol. The van der Waals surface area contributed by atoms with Gasteiger partial charge in [0.15, 0.2) is 0 Å². The summed E-state index contributed by atoms with van der Waals surface area (Å²) in [5, 5.41) is 0. The van der Waals surface area contributed by atoms with Gasteiger partial charge in [-0.15, -0.1) is 0 Å². The highest BCUT2D eigenvalue weighted by molar-refractivity contribution is 5.49. The quantitative estimate of drug-likeness (QED) is 0.749. The molecule has 1 heterocycles. The Bertz CT molecular complexity index is 296. The topological polar surface area (TPSA) is 38.9 Å². The Morgan fingerprint density at radius 3 is 2.69 bits per heavy atom. The molecular formula is C11H16N2. The van der Waals surface area contributed by atoms with Crippen molar-refractivity contribution in [2.45, 2.75) is 26.8 Å². The molecule has 1 aromatic rings. The summed E-state index contributed by atoms with van der Waals surface area (Å²) in [7, 11) is 0. The first-order valence-electron chi connectivity index (χ1n) is 4.46. The average Bonchev–Trinajstić information content (AvgIpc) is 2.08. The van der Waals surface area contributed by atoms with Gasteiger partial charge in [-0.1, -0.05) is 11.6 Å². The van der Waals surface area contributed by atoms with Crippen LogP contribution in [0.5, 0.6) is 0 Å². The molecule has 0 radical (unpaired) electrons. The lowest BCUT2D eigenvalue weighted by atomic mass is 10.1. The van der Waals surface area contributed by atoms with E-state index >= 15 is 0 Å². The van der Waals surface area contributed by atoms with E-state index in [1.54, 1.807) is 0 Å². The molecule has 70 valence electrons. The van der Waals surface area contributed by atoms with Crippen molar-refractivity contribution in [3.63, 3.8) is 0 Å². The van der Waals surface area contributed by atoms with Crippen molar-refractivity contribution in [2.24, 2.45) is 5.73 Å². The minimum atomic E-state index is 0.100. The monoisotopic (exact) mass is 176 g/mol. The molecule has 1 aromatic heterocycles. The van der Waals surface area contributed by atoms with Gasteiger partial charge in [0.2, 0.25) is 0 Å². The molecule has 0 aromatic carbocycles. The van der Waals surface area contributed by atoms with Gasteiger partial charge in [0.25, 0.3) is 0 Å². The highest BCUT2D eigenvalue weighted by atomic mass is 14.7. The Balaban J connectivity index is 2.85. The first-order valence-corrected chi connectivity index (χ1v) is 4.46. The van der Waals surface area contributed by atoms with Gasteiger partial charge >= 0.3 is 0 Å². The van der Waals surface area contributed by atoms with E-state index in [-0.39, 0.29) is 6.04 Å². The number of nitrogens with two attached hydrogens (primary N) is 1. The van der Waals surface area contributed by atoms with Crippen LogP contribution in [0.15, 0.2) is 23.9 Å². The van der Waals surface area contributed by atoms with Crippen LogP contribution >= 0.6 is 0 Å². The van der Waals surface area contributed by atoms with Crippen LogP contribution in [-0.2, 0) is 0 Å². The summed E-state index contributed by atoms with van der Waals surface area (Å²) in [6.07, 6.45) is 3.88. The van der Waals surface area contributed by atoms with E-state index in [9.17, 15) is 0 Å². The van der Waals surface area contributed by atoms with E-state index < -0.39 is 0 Å². The van der Waals surface area contributed by atoms with Crippen molar-refractivity contribution >= 4 is 6.08 Å². The largest absolute Gasteiger partial charge is 0.324 e. The molecule has 13 heavy (non-hydrogen) atoms. The molecule has 0 aliphatic heterocycles. The summed E-state index contributed by atoms with van der Waals surface area (Å²) in [4.78, 5) is 4.27. The van der Waals surface area contributed by atoms with Crippen molar-refractivity contribution in [1.82, 2.24) is 4.98 Å². The van der Waals surface area contributed by atoms with Gasteiger partial charge < -0.3 is 5.73 Å². The zero-order valence-electron chi connectivity index (χ0n) is 8.41. The standard InChI is InChI=1S/C11H16N2/c1-8-4-5-11(13-7-8)6-9(2)10(3)12/h4-7,10H,12H2,1-3H3/b9-6+. The van der Waals surface area contributed by atoms with Crippen molar-refractivity contribution in [2.75, 3.05) is 0 Å². The Kier molecular flexibility index (Phi) is 3.20. The zero-order chi connectivity index (χ0) is 9.84. The number of pyridine rings is 1. The Morgan fingerprint density at radius 1 is 1.54 bits per heavy atom. The molecule has 0 fully saturated rings. The molecule has 1 rings (SSSR count). The van der Waals surface area contributed by atoms with Crippen LogP contribution < -0.4 is 5.73 Å². The predicted molar refractivity (Wildman–Crippen MR) is 56.3 cm³/mol. The van der Waals surface area contributed by atoms with Gasteiger partial charge in [-0.3, -0.25) is 4.98 Å². The van der Waals surface area contributed by atoms with Gasteiger partial charge in [-0.2, -0.15) is 0 Å². The van der Waals surface area contributed by atoms with E-state index in [0.29, 0.717) is 0 Å². The van der Waals surface area contributed by atoms with E-state index in [1.165, 1.54) is 5.56 Å². The summed E-state index contributed by atoms with van der Waals surface area (Å²) in [6.45, 7) is 6.02. The van der Waals surface area contributed by atoms with Gasteiger partial charge in [-0.25, -0.2) is 0 Å². The summed E-state index contributed by atoms with van der Waals surface area (Å²) in [5.41, 5.74) is 9.02. The van der Waals surface area contributed by atoms with E-state index in [2.05, 4.69) is 4.98 Å². The van der Waals surface area contributed by atoms with E-state index in [0.717, 1.165) is 11.3 Å². The smallest absolute Gasteiger partial charge is 0.0629 e. The molecule has 2 nitrogen and oxygen atoms in total. The molecule has 0 aliphatic carbocycles. The van der Waals surface area contributed by atoms with Crippen molar-refractivity contribution in [1.29, 1.82) is 0 Å². The first-order chi connectivity index (χ1) is 6.09. The van der Waals surface area contributed by atoms with Crippen LogP contribution in [0.3, 0.4) is 0 Å². The fourth-order valence-electron chi connectivity index (χ4n) is 0.929. The van der Waals surface area contributed by atoms with Crippen molar-refractivity contribution in [3.8, 4) is 0 Å². The van der Waals surface area contributed by atoms with Crippen LogP contribution in [0, 0.1) is 6.92 Å². The number of aromatic nitrogens is 1. The van der Waals surface area contributed by atoms with E-state index in [1.807, 2.05) is 45.2 Å². The number of hydrogen-bond acceptors (Lipinski definition) is 2. The lowest BCUT2D eigenvalue weighted by molar-refractivity contribution is 0.867. The number of aryl methyl sites for hydroxylation is 1. The number of hydrogen-bond donors (Lipinski definition) is 1. The maximum atomic E-state index is 5.72. The second kappa shape index (κ2) is 4.19. The Morgan fingerprint density at radius 2 is 2.23 bits per heavy atom. The molecule has 1 unspecified atom stereocenters. The summed E-state index contributed by atoms with van der Waals surface area (Å²) in [5.74, 6) is 0. The molecule has 0 bridgehead atoms. The van der Waals surface area contributed by atoms with Crippen LogP contribution in [-0.4, -0.2) is 11.0 Å².